The Labute approximate surface area is 110 Å². The van der Waals surface area contributed by atoms with Crippen molar-refractivity contribution < 1.29 is 27.5 Å². The molecule has 1 N–H and O–H groups in total. The number of allylic oxidation sites excluding steroid dienone is 2. The molecule has 8 heteroatoms. The van der Waals surface area contributed by atoms with E-state index in [4.69, 9.17) is 0 Å². The van der Waals surface area contributed by atoms with Gasteiger partial charge in [0, 0.05) is 11.8 Å². The SMILES string of the molecule is COC(=O)c1sccc1N/C(C)=C/C(=O)C(F)(F)F. The molecule has 1 heterocycles. The largest absolute Gasteiger partial charge is 0.465 e. The van der Waals surface area contributed by atoms with E-state index < -0.39 is 17.9 Å². The number of halogens is 3. The van der Waals surface area contributed by atoms with E-state index in [9.17, 15) is 22.8 Å². The first-order chi connectivity index (χ1) is 8.75. The first kappa shape index (κ1) is 15.2. The third-order valence-electron chi connectivity index (χ3n) is 1.99. The minimum Gasteiger partial charge on any atom is -0.465 e. The van der Waals surface area contributed by atoms with Gasteiger partial charge in [0.05, 0.1) is 12.8 Å². The molecule has 104 valence electrons. The van der Waals surface area contributed by atoms with Gasteiger partial charge in [-0.2, -0.15) is 13.2 Å². The number of ether oxygens (including phenoxy) is 1. The molecular formula is C11H10F3NO3S. The zero-order valence-corrected chi connectivity index (χ0v) is 10.8. The van der Waals surface area contributed by atoms with E-state index in [1.54, 1.807) is 5.38 Å². The van der Waals surface area contributed by atoms with Gasteiger partial charge in [0.1, 0.15) is 4.88 Å². The predicted molar refractivity (Wildman–Crippen MR) is 64.1 cm³/mol. The summed E-state index contributed by atoms with van der Waals surface area (Å²) in [7, 11) is 1.20. The molecule has 0 spiro atoms. The van der Waals surface area contributed by atoms with E-state index >= 15 is 0 Å². The Bertz CT molecular complexity index is 520. The number of thiophene rings is 1. The second kappa shape index (κ2) is 5.87. The van der Waals surface area contributed by atoms with Crippen LogP contribution in [0, 0.1) is 0 Å². The average Bonchev–Trinajstić information content (AvgIpc) is 2.74. The van der Waals surface area contributed by atoms with Crippen LogP contribution in [0.5, 0.6) is 0 Å². The lowest BCUT2D eigenvalue weighted by Crippen LogP contribution is -2.21. The Morgan fingerprint density at radius 3 is 2.58 bits per heavy atom. The molecule has 0 amide bonds. The minimum absolute atomic E-state index is 0.0223. The molecule has 0 radical (unpaired) electrons. The zero-order chi connectivity index (χ0) is 14.6. The topological polar surface area (TPSA) is 55.4 Å². The van der Waals surface area contributed by atoms with Gasteiger partial charge < -0.3 is 10.1 Å². The van der Waals surface area contributed by atoms with Gasteiger partial charge in [0.15, 0.2) is 0 Å². The quantitative estimate of drug-likeness (QED) is 0.685. The normalized spacial score (nSPS) is 12.2. The number of alkyl halides is 3. The Balaban J connectivity index is 2.86. The van der Waals surface area contributed by atoms with Crippen molar-refractivity contribution in [1.29, 1.82) is 0 Å². The number of carbonyl (C=O) groups excluding carboxylic acids is 2. The number of hydrogen-bond donors (Lipinski definition) is 1. The summed E-state index contributed by atoms with van der Waals surface area (Å²) in [6, 6.07) is 1.51. The molecule has 0 aliphatic rings. The van der Waals surface area contributed by atoms with Gasteiger partial charge >= 0.3 is 12.1 Å². The number of nitrogens with one attached hydrogen (secondary N) is 1. The number of carbonyl (C=O) groups is 2. The minimum atomic E-state index is -4.91. The molecule has 0 saturated carbocycles. The first-order valence-electron chi connectivity index (χ1n) is 4.98. The maximum Gasteiger partial charge on any atom is 0.454 e. The van der Waals surface area contributed by atoms with E-state index in [1.165, 1.54) is 20.1 Å². The lowest BCUT2D eigenvalue weighted by molar-refractivity contribution is -0.165. The van der Waals surface area contributed by atoms with Gasteiger partial charge in [-0.1, -0.05) is 0 Å². The summed E-state index contributed by atoms with van der Waals surface area (Å²) in [5.74, 6) is -2.57. The standard InChI is InChI=1S/C11H10F3NO3S/c1-6(5-8(16)11(12,13)14)15-7-3-4-19-9(7)10(17)18-2/h3-5,15H,1-2H3/b6-5+. The molecule has 0 aromatic carbocycles. The van der Waals surface area contributed by atoms with Crippen LogP contribution in [0.3, 0.4) is 0 Å². The van der Waals surface area contributed by atoms with Crippen molar-refractivity contribution in [3.05, 3.63) is 28.1 Å². The van der Waals surface area contributed by atoms with Gasteiger partial charge in [-0.15, -0.1) is 11.3 Å². The van der Waals surface area contributed by atoms with Crippen molar-refractivity contribution >= 4 is 28.8 Å². The second-order valence-corrected chi connectivity index (χ2v) is 4.39. The highest BCUT2D eigenvalue weighted by Gasteiger charge is 2.36. The second-order valence-electron chi connectivity index (χ2n) is 3.47. The van der Waals surface area contributed by atoms with Crippen LogP contribution in [-0.4, -0.2) is 25.0 Å². The van der Waals surface area contributed by atoms with E-state index in [2.05, 4.69) is 10.1 Å². The molecule has 1 aromatic rings. The number of rotatable bonds is 4. The molecule has 0 saturated heterocycles. The fourth-order valence-electron chi connectivity index (χ4n) is 1.19. The number of esters is 1. The third-order valence-corrected chi connectivity index (χ3v) is 2.89. The lowest BCUT2D eigenvalue weighted by atomic mass is 10.3. The highest BCUT2D eigenvalue weighted by molar-refractivity contribution is 7.12. The highest BCUT2D eigenvalue weighted by atomic mass is 32.1. The number of methoxy groups -OCH3 is 1. The fraction of sp³-hybridized carbons (Fsp3) is 0.273. The van der Waals surface area contributed by atoms with Crippen LogP contribution >= 0.6 is 11.3 Å². The van der Waals surface area contributed by atoms with Crippen LogP contribution in [0.1, 0.15) is 16.6 Å². The van der Waals surface area contributed by atoms with Crippen LogP contribution in [-0.2, 0) is 9.53 Å². The summed E-state index contributed by atoms with van der Waals surface area (Å²) in [6.45, 7) is 1.29. The van der Waals surface area contributed by atoms with Crippen molar-refractivity contribution in [2.75, 3.05) is 12.4 Å². The molecule has 4 nitrogen and oxygen atoms in total. The molecule has 0 aliphatic heterocycles. The lowest BCUT2D eigenvalue weighted by Gasteiger charge is -2.07. The Hall–Kier alpha value is -1.83. The fourth-order valence-corrected chi connectivity index (χ4v) is 1.95. The molecular weight excluding hydrogens is 283 g/mol. The maximum absolute atomic E-state index is 12.1. The van der Waals surface area contributed by atoms with Crippen LogP contribution in [0.25, 0.3) is 0 Å². The van der Waals surface area contributed by atoms with Crippen LogP contribution in [0.2, 0.25) is 0 Å². The van der Waals surface area contributed by atoms with Crippen molar-refractivity contribution in [3.8, 4) is 0 Å². The summed E-state index contributed by atoms with van der Waals surface area (Å²) in [4.78, 5) is 22.3. The van der Waals surface area contributed by atoms with E-state index in [0.29, 0.717) is 11.8 Å². The van der Waals surface area contributed by atoms with E-state index in [0.717, 1.165) is 11.3 Å². The number of anilines is 1. The van der Waals surface area contributed by atoms with Crippen molar-refractivity contribution in [3.63, 3.8) is 0 Å². The smallest absolute Gasteiger partial charge is 0.454 e. The Kier molecular flexibility index (Phi) is 4.71. The highest BCUT2D eigenvalue weighted by Crippen LogP contribution is 2.25. The summed E-state index contributed by atoms with van der Waals surface area (Å²) >= 11 is 1.08. The van der Waals surface area contributed by atoms with Gasteiger partial charge in [-0.05, 0) is 18.4 Å². The van der Waals surface area contributed by atoms with E-state index in [-0.39, 0.29) is 10.6 Å². The van der Waals surface area contributed by atoms with Crippen LogP contribution < -0.4 is 5.32 Å². The predicted octanol–water partition coefficient (Wildman–Crippen LogP) is 2.98. The average molecular weight is 293 g/mol. The first-order valence-corrected chi connectivity index (χ1v) is 5.86. The molecule has 0 bridgehead atoms. The maximum atomic E-state index is 12.1. The summed E-state index contributed by atoms with van der Waals surface area (Å²) in [5, 5.41) is 4.14. The molecule has 19 heavy (non-hydrogen) atoms. The third kappa shape index (κ3) is 4.09. The zero-order valence-electron chi connectivity index (χ0n) is 10.00. The van der Waals surface area contributed by atoms with Crippen LogP contribution in [0.15, 0.2) is 23.2 Å². The van der Waals surface area contributed by atoms with Gasteiger partial charge in [-0.25, -0.2) is 4.79 Å². The van der Waals surface area contributed by atoms with Crippen LogP contribution in [0.4, 0.5) is 18.9 Å². The Morgan fingerprint density at radius 2 is 2.05 bits per heavy atom. The number of hydrogen-bond acceptors (Lipinski definition) is 5. The summed E-state index contributed by atoms with van der Waals surface area (Å²) < 4.78 is 40.7. The summed E-state index contributed by atoms with van der Waals surface area (Å²) in [5.41, 5.74) is 0.270. The van der Waals surface area contributed by atoms with E-state index in [1.807, 2.05) is 0 Å². The Morgan fingerprint density at radius 1 is 1.42 bits per heavy atom. The number of ketones is 1. The molecule has 0 atom stereocenters. The van der Waals surface area contributed by atoms with Gasteiger partial charge in [0.2, 0.25) is 0 Å². The molecule has 0 unspecified atom stereocenters. The van der Waals surface area contributed by atoms with Crippen molar-refractivity contribution in [2.24, 2.45) is 0 Å². The van der Waals surface area contributed by atoms with Crippen molar-refractivity contribution in [1.82, 2.24) is 0 Å². The monoisotopic (exact) mass is 293 g/mol. The molecule has 0 fully saturated rings. The van der Waals surface area contributed by atoms with Gasteiger partial charge in [-0.3, -0.25) is 4.79 Å². The summed E-state index contributed by atoms with van der Waals surface area (Å²) in [6.07, 6.45) is -4.48. The molecule has 1 aromatic heterocycles. The molecule has 0 aliphatic carbocycles. The molecule has 1 rings (SSSR count). The van der Waals surface area contributed by atoms with Gasteiger partial charge in [0.25, 0.3) is 5.78 Å². The van der Waals surface area contributed by atoms with Crippen molar-refractivity contribution in [2.45, 2.75) is 13.1 Å².